The van der Waals surface area contributed by atoms with Crippen molar-refractivity contribution in [1.29, 1.82) is 0 Å². The molecule has 136 valence electrons. The van der Waals surface area contributed by atoms with E-state index in [0.29, 0.717) is 19.5 Å². The summed E-state index contributed by atoms with van der Waals surface area (Å²) in [6.07, 6.45) is 3.12. The van der Waals surface area contributed by atoms with Gasteiger partial charge in [0.15, 0.2) is 0 Å². The number of esters is 2. The van der Waals surface area contributed by atoms with E-state index in [2.05, 4.69) is 0 Å². The van der Waals surface area contributed by atoms with Gasteiger partial charge in [0.2, 0.25) is 16.1 Å². The maximum atomic E-state index is 12.8. The molecule has 8 heteroatoms. The van der Waals surface area contributed by atoms with Crippen molar-refractivity contribution in [2.45, 2.75) is 43.1 Å². The third-order valence-corrected chi connectivity index (χ3v) is 6.30. The molecule has 1 atom stereocenters. The highest BCUT2D eigenvalue weighted by molar-refractivity contribution is 7.89. The molecule has 0 aliphatic carbocycles. The second kappa shape index (κ2) is 7.53. The Morgan fingerprint density at radius 1 is 1.16 bits per heavy atom. The van der Waals surface area contributed by atoms with E-state index in [1.165, 1.54) is 28.6 Å². The van der Waals surface area contributed by atoms with Crippen LogP contribution in [0.4, 0.5) is 0 Å². The van der Waals surface area contributed by atoms with Gasteiger partial charge in [0.1, 0.15) is 0 Å². The fourth-order valence-corrected chi connectivity index (χ4v) is 4.56. The zero-order chi connectivity index (χ0) is 17.9. The Morgan fingerprint density at radius 3 is 2.52 bits per heavy atom. The van der Waals surface area contributed by atoms with Crippen LogP contribution in [0.15, 0.2) is 29.2 Å². The molecule has 2 aliphatic heterocycles. The van der Waals surface area contributed by atoms with Gasteiger partial charge >= 0.3 is 11.9 Å². The number of nitrogens with zero attached hydrogens (tertiary/aromatic N) is 1. The first-order valence-electron chi connectivity index (χ1n) is 8.46. The monoisotopic (exact) mass is 367 g/mol. The molecule has 0 radical (unpaired) electrons. The summed E-state index contributed by atoms with van der Waals surface area (Å²) < 4.78 is 37.0. The zero-order valence-corrected chi connectivity index (χ0v) is 14.7. The van der Waals surface area contributed by atoms with Crippen LogP contribution in [-0.4, -0.2) is 50.5 Å². The first kappa shape index (κ1) is 17.9. The number of cyclic esters (lactones) is 1. The Bertz CT molecular complexity index is 752. The molecule has 7 nitrogen and oxygen atoms in total. The van der Waals surface area contributed by atoms with Crippen LogP contribution in [0.25, 0.3) is 0 Å². The molecule has 0 bridgehead atoms. The summed E-state index contributed by atoms with van der Waals surface area (Å²) in [6.45, 7) is 1.20. The predicted octanol–water partition coefficient (Wildman–Crippen LogP) is 1.72. The van der Waals surface area contributed by atoms with Crippen molar-refractivity contribution >= 4 is 22.0 Å². The highest BCUT2D eigenvalue weighted by Crippen LogP contribution is 2.22. The van der Waals surface area contributed by atoms with Gasteiger partial charge in [-0.05, 0) is 31.0 Å². The summed E-state index contributed by atoms with van der Waals surface area (Å²) in [5.41, 5.74) is 0.107. The Morgan fingerprint density at radius 2 is 1.88 bits per heavy atom. The van der Waals surface area contributed by atoms with Gasteiger partial charge in [-0.25, -0.2) is 18.0 Å². The SMILES string of the molecule is O=C(O[C@H]1CCOC1=O)c1cccc(S(=O)(=O)N2CCCCCC2)c1. The van der Waals surface area contributed by atoms with Crippen molar-refractivity contribution in [1.82, 2.24) is 4.31 Å². The third kappa shape index (κ3) is 4.01. The van der Waals surface area contributed by atoms with Crippen molar-refractivity contribution in [2.24, 2.45) is 0 Å². The predicted molar refractivity (Wildman–Crippen MR) is 88.4 cm³/mol. The second-order valence-electron chi connectivity index (χ2n) is 6.20. The fraction of sp³-hybridized carbons (Fsp3) is 0.529. The number of rotatable bonds is 4. The molecular weight excluding hydrogens is 346 g/mol. The van der Waals surface area contributed by atoms with Gasteiger partial charge < -0.3 is 9.47 Å². The summed E-state index contributed by atoms with van der Waals surface area (Å²) in [6, 6.07) is 5.77. The lowest BCUT2D eigenvalue weighted by molar-refractivity contribution is -0.145. The van der Waals surface area contributed by atoms with E-state index in [4.69, 9.17) is 9.47 Å². The molecule has 2 aliphatic rings. The average molecular weight is 367 g/mol. The quantitative estimate of drug-likeness (QED) is 0.753. The summed E-state index contributed by atoms with van der Waals surface area (Å²) in [7, 11) is -3.65. The lowest BCUT2D eigenvalue weighted by atomic mass is 10.2. The van der Waals surface area contributed by atoms with Crippen LogP contribution in [-0.2, 0) is 24.3 Å². The van der Waals surface area contributed by atoms with Crippen LogP contribution in [0.3, 0.4) is 0 Å². The Hall–Kier alpha value is -1.93. The Labute approximate surface area is 147 Å². The number of sulfonamides is 1. The van der Waals surface area contributed by atoms with E-state index in [9.17, 15) is 18.0 Å². The lowest BCUT2D eigenvalue weighted by Crippen LogP contribution is -2.32. The molecule has 0 N–H and O–H groups in total. The molecule has 2 fully saturated rings. The third-order valence-electron chi connectivity index (χ3n) is 4.41. The van der Waals surface area contributed by atoms with E-state index >= 15 is 0 Å². The van der Waals surface area contributed by atoms with Crippen LogP contribution >= 0.6 is 0 Å². The van der Waals surface area contributed by atoms with Gasteiger partial charge in [0.25, 0.3) is 0 Å². The van der Waals surface area contributed by atoms with Gasteiger partial charge in [-0.3, -0.25) is 0 Å². The van der Waals surface area contributed by atoms with Crippen molar-refractivity contribution in [2.75, 3.05) is 19.7 Å². The van der Waals surface area contributed by atoms with E-state index in [1.807, 2.05) is 0 Å². The standard InChI is InChI=1S/C17H21NO6S/c19-16(24-15-8-11-23-17(15)20)13-6-5-7-14(12-13)25(21,22)18-9-3-1-2-4-10-18/h5-7,12,15H,1-4,8-11H2/t15-/m0/s1. The minimum Gasteiger partial charge on any atom is -0.463 e. The number of hydrogen-bond donors (Lipinski definition) is 0. The molecule has 0 spiro atoms. The van der Waals surface area contributed by atoms with Crippen molar-refractivity contribution in [3.8, 4) is 0 Å². The molecule has 2 saturated heterocycles. The number of benzene rings is 1. The summed E-state index contributed by atoms with van der Waals surface area (Å²) >= 11 is 0. The topological polar surface area (TPSA) is 90.0 Å². The van der Waals surface area contributed by atoms with Gasteiger partial charge in [0, 0.05) is 19.5 Å². The van der Waals surface area contributed by atoms with Gasteiger partial charge in [-0.2, -0.15) is 4.31 Å². The lowest BCUT2D eigenvalue weighted by Gasteiger charge is -2.20. The van der Waals surface area contributed by atoms with Gasteiger partial charge in [-0.1, -0.05) is 18.9 Å². The van der Waals surface area contributed by atoms with Crippen molar-refractivity contribution in [3.05, 3.63) is 29.8 Å². The zero-order valence-electron chi connectivity index (χ0n) is 13.8. The number of ether oxygens (including phenoxy) is 2. The molecule has 0 saturated carbocycles. The molecule has 25 heavy (non-hydrogen) atoms. The first-order valence-corrected chi connectivity index (χ1v) is 9.90. The summed E-state index contributed by atoms with van der Waals surface area (Å²) in [5, 5.41) is 0. The number of carbonyl (C=O) groups excluding carboxylic acids is 2. The smallest absolute Gasteiger partial charge is 0.347 e. The van der Waals surface area contributed by atoms with Crippen LogP contribution in [0.2, 0.25) is 0 Å². The van der Waals surface area contributed by atoms with E-state index in [0.717, 1.165) is 25.7 Å². The van der Waals surface area contributed by atoms with Crippen LogP contribution in [0.5, 0.6) is 0 Å². The van der Waals surface area contributed by atoms with Gasteiger partial charge in [0.05, 0.1) is 17.1 Å². The fourth-order valence-electron chi connectivity index (χ4n) is 3.00. The molecule has 3 rings (SSSR count). The van der Waals surface area contributed by atoms with Crippen LogP contribution in [0.1, 0.15) is 42.5 Å². The molecule has 2 heterocycles. The maximum absolute atomic E-state index is 12.8. The molecule has 1 aromatic rings. The van der Waals surface area contributed by atoms with Crippen LogP contribution < -0.4 is 0 Å². The first-order chi connectivity index (χ1) is 12.0. The van der Waals surface area contributed by atoms with E-state index < -0.39 is 28.1 Å². The average Bonchev–Trinajstić information content (AvgIpc) is 2.85. The highest BCUT2D eigenvalue weighted by Gasteiger charge is 2.31. The highest BCUT2D eigenvalue weighted by atomic mass is 32.2. The Kier molecular flexibility index (Phi) is 5.39. The van der Waals surface area contributed by atoms with Crippen molar-refractivity contribution in [3.63, 3.8) is 0 Å². The Balaban J connectivity index is 1.78. The van der Waals surface area contributed by atoms with Crippen LogP contribution in [0, 0.1) is 0 Å². The minimum absolute atomic E-state index is 0.0675. The second-order valence-corrected chi connectivity index (χ2v) is 8.13. The number of hydrogen-bond acceptors (Lipinski definition) is 6. The molecule has 0 unspecified atom stereocenters. The van der Waals surface area contributed by atoms with Gasteiger partial charge in [-0.15, -0.1) is 0 Å². The maximum Gasteiger partial charge on any atom is 0.347 e. The molecule has 0 aromatic heterocycles. The number of carbonyl (C=O) groups is 2. The molecule has 0 amide bonds. The largest absolute Gasteiger partial charge is 0.463 e. The molecule has 1 aromatic carbocycles. The minimum atomic E-state index is -3.65. The van der Waals surface area contributed by atoms with E-state index in [1.54, 1.807) is 0 Å². The van der Waals surface area contributed by atoms with Crippen molar-refractivity contribution < 1.29 is 27.5 Å². The summed E-state index contributed by atoms with van der Waals surface area (Å²) in [4.78, 5) is 23.7. The molecular formula is C17H21NO6S. The summed E-state index contributed by atoms with van der Waals surface area (Å²) in [5.74, 6) is -1.29. The van der Waals surface area contributed by atoms with E-state index in [-0.39, 0.29) is 17.1 Å². The normalized spacial score (nSPS) is 22.2.